The van der Waals surface area contributed by atoms with E-state index in [1.54, 1.807) is 35.6 Å². The van der Waals surface area contributed by atoms with Crippen LogP contribution in [0.2, 0.25) is 5.02 Å². The van der Waals surface area contributed by atoms with Gasteiger partial charge < -0.3 is 5.32 Å². The van der Waals surface area contributed by atoms with Gasteiger partial charge >= 0.3 is 0 Å². The number of halogens is 1. The molecule has 0 fully saturated rings. The van der Waals surface area contributed by atoms with Gasteiger partial charge in [0.15, 0.2) is 4.83 Å². The number of rotatable bonds is 3. The van der Waals surface area contributed by atoms with Gasteiger partial charge in [-0.3, -0.25) is 9.59 Å². The van der Waals surface area contributed by atoms with Gasteiger partial charge in [0.25, 0.3) is 5.56 Å². The fraction of sp³-hybridized carbons (Fsp3) is 0.333. The van der Waals surface area contributed by atoms with Gasteiger partial charge in [-0.2, -0.15) is 0 Å². The second-order valence-corrected chi connectivity index (χ2v) is 8.16. The van der Waals surface area contributed by atoms with Crippen molar-refractivity contribution in [2.45, 2.75) is 32.7 Å². The summed E-state index contributed by atoms with van der Waals surface area (Å²) in [6.07, 6.45) is 2.93. The number of nitrogens with zero attached hydrogens (tertiary/aromatic N) is 3. The molecule has 0 spiro atoms. The predicted octanol–water partition coefficient (Wildman–Crippen LogP) is 3.27. The Bertz CT molecular complexity index is 1040. The van der Waals surface area contributed by atoms with Crippen LogP contribution in [-0.4, -0.2) is 20.9 Å². The second kappa shape index (κ2) is 6.81. The molecule has 2 aromatic heterocycles. The van der Waals surface area contributed by atoms with Crippen molar-refractivity contribution in [2.24, 2.45) is 5.92 Å². The van der Waals surface area contributed by atoms with Crippen LogP contribution in [0.5, 0.6) is 0 Å². The van der Waals surface area contributed by atoms with E-state index in [0.29, 0.717) is 26.8 Å². The Hall–Kier alpha value is -2.25. The largest absolute Gasteiger partial charge is 0.324 e. The molecular formula is C18H17ClN4O2S. The zero-order chi connectivity index (χ0) is 18.3. The predicted molar refractivity (Wildman–Crippen MR) is 103 cm³/mol. The van der Waals surface area contributed by atoms with E-state index in [2.05, 4.69) is 22.6 Å². The second-order valence-electron chi connectivity index (χ2n) is 6.64. The fourth-order valence-corrected chi connectivity index (χ4v) is 4.71. The molecule has 0 saturated heterocycles. The summed E-state index contributed by atoms with van der Waals surface area (Å²) in [5.41, 5.74) is 1.46. The Morgan fingerprint density at radius 2 is 2.15 bits per heavy atom. The van der Waals surface area contributed by atoms with Crippen molar-refractivity contribution in [1.29, 1.82) is 0 Å². The van der Waals surface area contributed by atoms with Crippen LogP contribution in [0.3, 0.4) is 0 Å². The standard InChI is InChI=1S/C18H17ClN4O2S/c1-10-2-7-13-14(8-10)26-17-16(13)18(25)23(22-21-17)9-15(24)20-12-5-3-11(19)4-6-12/h3-6,10H,2,7-9H2,1H3,(H,20,24)/t10-/m1/s1. The summed E-state index contributed by atoms with van der Waals surface area (Å²) in [5.74, 6) is 0.289. The summed E-state index contributed by atoms with van der Waals surface area (Å²) >= 11 is 7.38. The van der Waals surface area contributed by atoms with Gasteiger partial charge in [0.1, 0.15) is 6.54 Å². The Labute approximate surface area is 158 Å². The molecule has 1 amide bonds. The number of fused-ring (bicyclic) bond motifs is 3. The first-order chi connectivity index (χ1) is 12.5. The van der Waals surface area contributed by atoms with Gasteiger partial charge in [-0.25, -0.2) is 4.68 Å². The minimum absolute atomic E-state index is 0.175. The molecule has 0 unspecified atom stereocenters. The molecule has 0 saturated carbocycles. The topological polar surface area (TPSA) is 76.9 Å². The van der Waals surface area contributed by atoms with E-state index in [-0.39, 0.29) is 18.0 Å². The molecule has 4 rings (SSSR count). The molecule has 3 aromatic rings. The van der Waals surface area contributed by atoms with Gasteiger partial charge in [0, 0.05) is 15.6 Å². The highest BCUT2D eigenvalue weighted by Crippen LogP contribution is 2.35. The molecule has 8 heteroatoms. The maximum Gasteiger partial charge on any atom is 0.279 e. The van der Waals surface area contributed by atoms with Gasteiger partial charge in [-0.1, -0.05) is 23.7 Å². The van der Waals surface area contributed by atoms with Crippen molar-refractivity contribution < 1.29 is 4.79 Å². The van der Waals surface area contributed by atoms with Crippen molar-refractivity contribution in [1.82, 2.24) is 15.0 Å². The molecule has 134 valence electrons. The fourth-order valence-electron chi connectivity index (χ4n) is 3.26. The number of aryl methyl sites for hydroxylation is 1. The summed E-state index contributed by atoms with van der Waals surface area (Å²) in [4.78, 5) is 27.0. The highest BCUT2D eigenvalue weighted by atomic mass is 35.5. The van der Waals surface area contributed by atoms with Crippen LogP contribution < -0.4 is 10.9 Å². The maximum absolute atomic E-state index is 12.8. The summed E-state index contributed by atoms with van der Waals surface area (Å²) in [6.45, 7) is 2.05. The Kier molecular flexibility index (Phi) is 4.50. The van der Waals surface area contributed by atoms with E-state index in [1.165, 1.54) is 4.88 Å². The third-order valence-corrected chi connectivity index (χ3v) is 6.00. The first-order valence-corrected chi connectivity index (χ1v) is 9.64. The summed E-state index contributed by atoms with van der Waals surface area (Å²) in [6, 6.07) is 6.78. The molecule has 1 N–H and O–H groups in total. The summed E-state index contributed by atoms with van der Waals surface area (Å²) in [5, 5.41) is 12.1. The van der Waals surface area contributed by atoms with Crippen molar-refractivity contribution in [3.63, 3.8) is 0 Å². The van der Waals surface area contributed by atoms with E-state index < -0.39 is 0 Å². The molecule has 1 atom stereocenters. The SMILES string of the molecule is C[C@@H]1CCc2c(sc3nnn(CC(=O)Nc4ccc(Cl)cc4)c(=O)c23)C1. The first kappa shape index (κ1) is 17.2. The number of anilines is 1. The number of thiophene rings is 1. The normalized spacial score (nSPS) is 16.5. The van der Waals surface area contributed by atoms with E-state index >= 15 is 0 Å². The monoisotopic (exact) mass is 388 g/mol. The Balaban J connectivity index is 1.61. The van der Waals surface area contributed by atoms with E-state index in [1.807, 2.05) is 0 Å². The Morgan fingerprint density at radius 1 is 1.38 bits per heavy atom. The minimum atomic E-state index is -0.333. The number of benzene rings is 1. The molecule has 1 aromatic carbocycles. The zero-order valence-electron chi connectivity index (χ0n) is 14.2. The zero-order valence-corrected chi connectivity index (χ0v) is 15.7. The van der Waals surface area contributed by atoms with Gasteiger partial charge in [-0.05, 0) is 55.0 Å². The molecule has 26 heavy (non-hydrogen) atoms. The first-order valence-electron chi connectivity index (χ1n) is 8.44. The number of hydrogen-bond acceptors (Lipinski definition) is 5. The lowest BCUT2D eigenvalue weighted by Crippen LogP contribution is -2.30. The number of hydrogen-bond donors (Lipinski definition) is 1. The number of carbonyl (C=O) groups is 1. The van der Waals surface area contributed by atoms with Crippen LogP contribution in [0.15, 0.2) is 29.1 Å². The van der Waals surface area contributed by atoms with Crippen molar-refractivity contribution in [3.05, 3.63) is 50.1 Å². The molecular weight excluding hydrogens is 372 g/mol. The molecule has 2 heterocycles. The van der Waals surface area contributed by atoms with Crippen molar-refractivity contribution in [2.75, 3.05) is 5.32 Å². The highest BCUT2D eigenvalue weighted by molar-refractivity contribution is 7.18. The van der Waals surface area contributed by atoms with Crippen molar-refractivity contribution in [3.8, 4) is 0 Å². The smallest absolute Gasteiger partial charge is 0.279 e. The third-order valence-electron chi connectivity index (χ3n) is 4.61. The van der Waals surface area contributed by atoms with Crippen LogP contribution in [0.4, 0.5) is 5.69 Å². The molecule has 0 aliphatic heterocycles. The quantitative estimate of drug-likeness (QED) is 0.747. The van der Waals surface area contributed by atoms with E-state index in [4.69, 9.17) is 11.6 Å². The number of amides is 1. The van der Waals surface area contributed by atoms with Crippen LogP contribution in [0, 0.1) is 5.92 Å². The molecule has 6 nitrogen and oxygen atoms in total. The van der Waals surface area contributed by atoms with Crippen LogP contribution >= 0.6 is 22.9 Å². The number of aromatic nitrogens is 3. The molecule has 1 aliphatic rings. The van der Waals surface area contributed by atoms with Crippen LogP contribution in [-0.2, 0) is 24.2 Å². The van der Waals surface area contributed by atoms with Crippen LogP contribution in [0.1, 0.15) is 23.8 Å². The van der Waals surface area contributed by atoms with E-state index in [0.717, 1.165) is 29.5 Å². The number of nitrogens with one attached hydrogen (secondary N) is 1. The average Bonchev–Trinajstić information content (AvgIpc) is 2.97. The van der Waals surface area contributed by atoms with Gasteiger partial charge in [0.2, 0.25) is 5.91 Å². The summed E-state index contributed by atoms with van der Waals surface area (Å²) < 4.78 is 1.14. The van der Waals surface area contributed by atoms with Gasteiger partial charge in [-0.15, -0.1) is 16.4 Å². The number of carbonyl (C=O) groups excluding carboxylic acids is 1. The Morgan fingerprint density at radius 3 is 2.92 bits per heavy atom. The molecule has 0 radical (unpaired) electrons. The van der Waals surface area contributed by atoms with Crippen LogP contribution in [0.25, 0.3) is 10.2 Å². The summed E-state index contributed by atoms with van der Waals surface area (Å²) in [7, 11) is 0. The molecule has 0 bridgehead atoms. The van der Waals surface area contributed by atoms with Crippen molar-refractivity contribution >= 4 is 44.7 Å². The molecule has 1 aliphatic carbocycles. The maximum atomic E-state index is 12.8. The van der Waals surface area contributed by atoms with E-state index in [9.17, 15) is 9.59 Å². The lowest BCUT2D eigenvalue weighted by Gasteiger charge is -2.17. The minimum Gasteiger partial charge on any atom is -0.324 e. The highest BCUT2D eigenvalue weighted by Gasteiger charge is 2.24. The third kappa shape index (κ3) is 3.24. The van der Waals surface area contributed by atoms with Gasteiger partial charge in [0.05, 0.1) is 5.39 Å². The lowest BCUT2D eigenvalue weighted by atomic mass is 9.89. The average molecular weight is 389 g/mol. The lowest BCUT2D eigenvalue weighted by molar-refractivity contribution is -0.117.